The van der Waals surface area contributed by atoms with Crippen LogP contribution in [0.15, 0.2) is 63.2 Å². The standard InChI is InChI=1S/C17H9ClF2N4OS/c18-11-7-3-1-5-9(11)15-23-24-17(25-15)26-16-10-6-2-4-8-12(10)21-14(22-16)13(19)20/h1-8,13H. The van der Waals surface area contributed by atoms with Crippen molar-refractivity contribution in [2.24, 2.45) is 0 Å². The largest absolute Gasteiger partial charge is 0.411 e. The zero-order valence-corrected chi connectivity index (χ0v) is 14.5. The minimum Gasteiger partial charge on any atom is -0.411 e. The third kappa shape index (κ3) is 3.25. The summed E-state index contributed by atoms with van der Waals surface area (Å²) in [5, 5.41) is 9.50. The molecule has 0 N–H and O–H groups in total. The second kappa shape index (κ2) is 6.97. The molecule has 0 fully saturated rings. The van der Waals surface area contributed by atoms with Gasteiger partial charge in [0.15, 0.2) is 5.82 Å². The van der Waals surface area contributed by atoms with Crippen molar-refractivity contribution in [2.75, 3.05) is 0 Å². The van der Waals surface area contributed by atoms with Crippen molar-refractivity contribution in [3.8, 4) is 11.5 Å². The molecule has 0 bridgehead atoms. The number of para-hydroxylation sites is 1. The molecule has 0 aliphatic rings. The molecule has 2 heterocycles. The van der Waals surface area contributed by atoms with Gasteiger partial charge in [0.1, 0.15) is 5.03 Å². The number of hydrogen-bond donors (Lipinski definition) is 0. The molecule has 0 amide bonds. The Morgan fingerprint density at radius 2 is 1.73 bits per heavy atom. The summed E-state index contributed by atoms with van der Waals surface area (Å²) in [5.41, 5.74) is 1.01. The predicted molar refractivity (Wildman–Crippen MR) is 93.4 cm³/mol. The summed E-state index contributed by atoms with van der Waals surface area (Å²) in [7, 11) is 0. The van der Waals surface area contributed by atoms with Crippen LogP contribution < -0.4 is 0 Å². The Morgan fingerprint density at radius 1 is 0.962 bits per heavy atom. The highest BCUT2D eigenvalue weighted by molar-refractivity contribution is 7.99. The van der Waals surface area contributed by atoms with Gasteiger partial charge in [-0.05, 0) is 30.0 Å². The summed E-state index contributed by atoms with van der Waals surface area (Å²) < 4.78 is 31.8. The van der Waals surface area contributed by atoms with Crippen LogP contribution in [0.1, 0.15) is 12.2 Å². The second-order valence-corrected chi connectivity index (χ2v) is 6.51. The molecular weight excluding hydrogens is 382 g/mol. The van der Waals surface area contributed by atoms with Crippen LogP contribution in [-0.4, -0.2) is 20.2 Å². The van der Waals surface area contributed by atoms with Gasteiger partial charge >= 0.3 is 0 Å². The molecule has 2 aromatic carbocycles. The fourth-order valence-electron chi connectivity index (χ4n) is 2.32. The SMILES string of the molecule is FC(F)c1nc(Sc2nnc(-c3ccccc3Cl)o2)c2ccccc2n1. The van der Waals surface area contributed by atoms with Gasteiger partial charge in [-0.25, -0.2) is 18.7 Å². The van der Waals surface area contributed by atoms with Gasteiger partial charge in [0, 0.05) is 5.39 Å². The summed E-state index contributed by atoms with van der Waals surface area (Å²) in [6.07, 6.45) is -2.78. The van der Waals surface area contributed by atoms with Crippen LogP contribution in [0.4, 0.5) is 8.78 Å². The smallest absolute Gasteiger partial charge is 0.297 e. The van der Waals surface area contributed by atoms with Crippen LogP contribution in [0.3, 0.4) is 0 Å². The Kier molecular flexibility index (Phi) is 4.52. The molecular formula is C17H9ClF2N4OS. The van der Waals surface area contributed by atoms with Crippen LogP contribution >= 0.6 is 23.4 Å². The zero-order valence-electron chi connectivity index (χ0n) is 12.9. The normalized spacial score (nSPS) is 11.4. The molecule has 130 valence electrons. The van der Waals surface area contributed by atoms with Crippen molar-refractivity contribution in [1.82, 2.24) is 20.2 Å². The minimum atomic E-state index is -2.78. The average molecular weight is 391 g/mol. The van der Waals surface area contributed by atoms with Gasteiger partial charge in [0.25, 0.3) is 11.6 Å². The third-order valence-electron chi connectivity index (χ3n) is 3.48. The van der Waals surface area contributed by atoms with Crippen molar-refractivity contribution in [3.63, 3.8) is 0 Å². The van der Waals surface area contributed by atoms with E-state index in [1.165, 1.54) is 0 Å². The number of halogens is 3. The highest BCUT2D eigenvalue weighted by Gasteiger charge is 2.18. The topological polar surface area (TPSA) is 64.7 Å². The Hall–Kier alpha value is -2.58. The Balaban J connectivity index is 1.73. The van der Waals surface area contributed by atoms with Gasteiger partial charge in [-0.3, -0.25) is 0 Å². The first-order valence-electron chi connectivity index (χ1n) is 7.43. The molecule has 0 radical (unpaired) electrons. The Labute approximate surface area is 155 Å². The van der Waals surface area contributed by atoms with E-state index >= 15 is 0 Å². The van der Waals surface area contributed by atoms with Crippen LogP contribution in [0.5, 0.6) is 0 Å². The molecule has 0 spiro atoms. The molecule has 0 aliphatic heterocycles. The monoisotopic (exact) mass is 390 g/mol. The summed E-state index contributed by atoms with van der Waals surface area (Å²) in [5.74, 6) is -0.303. The third-order valence-corrected chi connectivity index (χ3v) is 4.65. The van der Waals surface area contributed by atoms with E-state index < -0.39 is 12.2 Å². The summed E-state index contributed by atoms with van der Waals surface area (Å²) in [4.78, 5) is 7.83. The number of nitrogens with zero attached hydrogens (tertiary/aromatic N) is 4. The first-order chi connectivity index (χ1) is 12.6. The fraction of sp³-hybridized carbons (Fsp3) is 0.0588. The maximum atomic E-state index is 13.1. The Bertz CT molecular complexity index is 1090. The Morgan fingerprint density at radius 3 is 2.54 bits per heavy atom. The number of alkyl halides is 2. The van der Waals surface area contributed by atoms with E-state index in [0.29, 0.717) is 26.5 Å². The van der Waals surface area contributed by atoms with E-state index in [0.717, 1.165) is 11.8 Å². The van der Waals surface area contributed by atoms with Crippen LogP contribution in [0.25, 0.3) is 22.4 Å². The van der Waals surface area contributed by atoms with Gasteiger partial charge in [-0.15, -0.1) is 10.2 Å². The molecule has 0 saturated carbocycles. The van der Waals surface area contributed by atoms with E-state index in [1.54, 1.807) is 48.5 Å². The summed E-state index contributed by atoms with van der Waals surface area (Å²) in [6, 6.07) is 13.9. The molecule has 0 aliphatic carbocycles. The number of hydrogen-bond acceptors (Lipinski definition) is 6. The van der Waals surface area contributed by atoms with Crippen LogP contribution in [0.2, 0.25) is 5.02 Å². The van der Waals surface area contributed by atoms with Gasteiger partial charge in [-0.1, -0.05) is 41.9 Å². The summed E-state index contributed by atoms with van der Waals surface area (Å²) in [6.45, 7) is 0. The van der Waals surface area contributed by atoms with E-state index in [1.807, 2.05) is 0 Å². The lowest BCUT2D eigenvalue weighted by Gasteiger charge is -2.05. The first kappa shape index (κ1) is 16.9. The predicted octanol–water partition coefficient (Wildman–Crippen LogP) is 5.42. The highest BCUT2D eigenvalue weighted by Crippen LogP contribution is 2.34. The van der Waals surface area contributed by atoms with Gasteiger partial charge < -0.3 is 4.42 Å². The maximum absolute atomic E-state index is 13.1. The maximum Gasteiger partial charge on any atom is 0.297 e. The van der Waals surface area contributed by atoms with Crippen molar-refractivity contribution < 1.29 is 13.2 Å². The molecule has 0 saturated heterocycles. The van der Waals surface area contributed by atoms with Crippen molar-refractivity contribution >= 4 is 34.3 Å². The van der Waals surface area contributed by atoms with E-state index in [2.05, 4.69) is 20.2 Å². The van der Waals surface area contributed by atoms with E-state index in [4.69, 9.17) is 16.0 Å². The molecule has 5 nitrogen and oxygen atoms in total. The van der Waals surface area contributed by atoms with Gasteiger partial charge in [0.05, 0.1) is 16.1 Å². The number of rotatable bonds is 4. The van der Waals surface area contributed by atoms with E-state index in [-0.39, 0.29) is 11.1 Å². The fourth-order valence-corrected chi connectivity index (χ4v) is 3.32. The van der Waals surface area contributed by atoms with Gasteiger partial charge in [0.2, 0.25) is 5.89 Å². The van der Waals surface area contributed by atoms with Crippen molar-refractivity contribution in [1.29, 1.82) is 0 Å². The first-order valence-corrected chi connectivity index (χ1v) is 8.62. The number of fused-ring (bicyclic) bond motifs is 1. The quantitative estimate of drug-likeness (QED) is 0.433. The lowest BCUT2D eigenvalue weighted by Crippen LogP contribution is -1.98. The van der Waals surface area contributed by atoms with Crippen molar-refractivity contribution in [2.45, 2.75) is 16.7 Å². The molecule has 9 heteroatoms. The second-order valence-electron chi connectivity index (χ2n) is 5.16. The average Bonchev–Trinajstić information content (AvgIpc) is 3.10. The molecule has 0 unspecified atom stereocenters. The van der Waals surface area contributed by atoms with Gasteiger partial charge in [-0.2, -0.15) is 0 Å². The zero-order chi connectivity index (χ0) is 18.1. The minimum absolute atomic E-state index is 0.170. The molecule has 4 aromatic rings. The lowest BCUT2D eigenvalue weighted by molar-refractivity contribution is 0.140. The van der Waals surface area contributed by atoms with Crippen LogP contribution in [0, 0.1) is 0 Å². The lowest BCUT2D eigenvalue weighted by atomic mass is 10.2. The highest BCUT2D eigenvalue weighted by atomic mass is 35.5. The van der Waals surface area contributed by atoms with Crippen LogP contribution in [-0.2, 0) is 0 Å². The number of aromatic nitrogens is 4. The number of benzene rings is 2. The molecule has 2 aromatic heterocycles. The molecule has 4 rings (SSSR count). The molecule has 0 atom stereocenters. The summed E-state index contributed by atoms with van der Waals surface area (Å²) >= 11 is 7.13. The van der Waals surface area contributed by atoms with Crippen molar-refractivity contribution in [3.05, 3.63) is 59.4 Å². The molecule has 26 heavy (non-hydrogen) atoms. The van der Waals surface area contributed by atoms with E-state index in [9.17, 15) is 8.78 Å².